The Balaban J connectivity index is 2.46. The van der Waals surface area contributed by atoms with E-state index in [1.54, 1.807) is 23.1 Å². The van der Waals surface area contributed by atoms with Gasteiger partial charge in [0.25, 0.3) is 0 Å². The van der Waals surface area contributed by atoms with E-state index in [1.165, 1.54) is 11.8 Å². The number of thioether (sulfide) groups is 1. The van der Waals surface area contributed by atoms with Crippen LogP contribution >= 0.6 is 11.8 Å². The number of nitrogens with zero attached hydrogens (tertiary/aromatic N) is 3. The molecule has 0 fully saturated rings. The number of ether oxygens (including phenoxy) is 1. The van der Waals surface area contributed by atoms with Crippen molar-refractivity contribution >= 4 is 17.9 Å². The molecule has 1 atom stereocenters. The Labute approximate surface area is 164 Å². The van der Waals surface area contributed by atoms with Gasteiger partial charge in [0.05, 0.1) is 11.6 Å². The summed E-state index contributed by atoms with van der Waals surface area (Å²) in [5.41, 5.74) is 2.13. The van der Waals surface area contributed by atoms with Crippen LogP contribution in [0, 0.1) is 18.3 Å². The summed E-state index contributed by atoms with van der Waals surface area (Å²) < 4.78 is 5.89. The molecular weight excluding hydrogens is 360 g/mol. The number of benzene rings is 1. The van der Waals surface area contributed by atoms with Crippen LogP contribution in [0.4, 0.5) is 4.79 Å². The number of nitrogens with one attached hydrogen (secondary N) is 1. The van der Waals surface area contributed by atoms with Gasteiger partial charge in [-0.15, -0.1) is 11.8 Å². The zero-order valence-corrected chi connectivity index (χ0v) is 17.4. The number of aromatic amines is 1. The molecule has 0 saturated carbocycles. The third-order valence-corrected chi connectivity index (χ3v) is 4.94. The Bertz CT molecular complexity index is 831. The fourth-order valence-corrected chi connectivity index (χ4v) is 3.57. The van der Waals surface area contributed by atoms with Crippen molar-refractivity contribution in [3.63, 3.8) is 0 Å². The number of imidazole rings is 1. The summed E-state index contributed by atoms with van der Waals surface area (Å²) >= 11 is 1.53. The van der Waals surface area contributed by atoms with Crippen LogP contribution in [0.3, 0.4) is 0 Å². The van der Waals surface area contributed by atoms with Gasteiger partial charge in [-0.25, -0.2) is 9.78 Å². The highest BCUT2D eigenvalue weighted by Crippen LogP contribution is 2.29. The quantitative estimate of drug-likeness (QED) is 0.730. The molecule has 1 N–H and O–H groups in total. The summed E-state index contributed by atoms with van der Waals surface area (Å²) in [5, 5.41) is 10.1. The third kappa shape index (κ3) is 4.83. The average molecular weight is 387 g/mol. The molecule has 1 heterocycles. The van der Waals surface area contributed by atoms with Crippen molar-refractivity contribution in [3.8, 4) is 6.07 Å². The molecule has 0 radical (unpaired) electrons. The van der Waals surface area contributed by atoms with Gasteiger partial charge in [-0.1, -0.05) is 12.1 Å². The summed E-state index contributed by atoms with van der Waals surface area (Å²) in [6, 6.07) is 9.20. The van der Waals surface area contributed by atoms with Crippen LogP contribution in [0.1, 0.15) is 56.4 Å². The summed E-state index contributed by atoms with van der Waals surface area (Å²) in [7, 11) is 0. The van der Waals surface area contributed by atoms with Crippen LogP contribution in [0.5, 0.6) is 0 Å². The molecule has 1 aromatic carbocycles. The number of hydrogen-bond acceptors (Lipinski definition) is 5. The van der Waals surface area contributed by atoms with Crippen molar-refractivity contribution in [2.45, 2.75) is 57.8 Å². The molecule has 1 aromatic heterocycles. The number of carbonyl (C=O) groups is 1. The van der Waals surface area contributed by atoms with Gasteiger partial charge in [0.2, 0.25) is 0 Å². The Morgan fingerprint density at radius 1 is 1.30 bits per heavy atom. The smallest absolute Gasteiger partial charge is 0.411 e. The van der Waals surface area contributed by atoms with Crippen molar-refractivity contribution in [1.29, 1.82) is 5.26 Å². The zero-order valence-electron chi connectivity index (χ0n) is 16.6. The number of amides is 1. The molecule has 0 bridgehead atoms. The molecular formula is C20H26N4O2S. The molecule has 1 amide bonds. The molecule has 2 aromatic rings. The predicted octanol–water partition coefficient (Wildman–Crippen LogP) is 4.66. The van der Waals surface area contributed by atoms with Gasteiger partial charge in [0.15, 0.2) is 11.9 Å². The summed E-state index contributed by atoms with van der Waals surface area (Å²) in [6.07, 6.45) is 0.821. The van der Waals surface area contributed by atoms with E-state index in [0.717, 1.165) is 10.7 Å². The van der Waals surface area contributed by atoms with Crippen LogP contribution in [0.2, 0.25) is 0 Å². The fraction of sp³-hybridized carbons (Fsp3) is 0.450. The molecule has 0 spiro atoms. The number of hydrogen-bond donors (Lipinski definition) is 1. The molecule has 0 aliphatic rings. The molecule has 144 valence electrons. The van der Waals surface area contributed by atoms with E-state index in [2.05, 4.69) is 16.0 Å². The maximum Gasteiger partial charge on any atom is 0.411 e. The lowest BCUT2D eigenvalue weighted by atomic mass is 10.1. The SMILES string of the molecule is CSc1nc(C(OC(=O)N(C(C)C)C(C)C)c2cccc(C#N)c2)[nH]c1C. The van der Waals surface area contributed by atoms with E-state index in [0.29, 0.717) is 17.0 Å². The number of aromatic nitrogens is 2. The lowest BCUT2D eigenvalue weighted by Crippen LogP contribution is -2.43. The van der Waals surface area contributed by atoms with Crippen molar-refractivity contribution < 1.29 is 9.53 Å². The molecule has 6 nitrogen and oxygen atoms in total. The van der Waals surface area contributed by atoms with Crippen molar-refractivity contribution in [2.24, 2.45) is 0 Å². The van der Waals surface area contributed by atoms with Gasteiger partial charge in [-0.2, -0.15) is 5.26 Å². The van der Waals surface area contributed by atoms with Gasteiger partial charge in [-0.3, -0.25) is 0 Å². The van der Waals surface area contributed by atoms with Gasteiger partial charge in [0, 0.05) is 23.3 Å². The summed E-state index contributed by atoms with van der Waals surface area (Å²) in [5.74, 6) is 0.549. The van der Waals surface area contributed by atoms with Crippen LogP contribution in [0.25, 0.3) is 0 Å². The maximum absolute atomic E-state index is 12.9. The molecule has 0 aliphatic carbocycles. The number of nitriles is 1. The van der Waals surface area contributed by atoms with Crippen LogP contribution in [-0.4, -0.2) is 39.3 Å². The zero-order chi connectivity index (χ0) is 20.1. The Morgan fingerprint density at radius 2 is 1.96 bits per heavy atom. The Morgan fingerprint density at radius 3 is 2.48 bits per heavy atom. The third-order valence-electron chi connectivity index (χ3n) is 4.16. The first-order valence-corrected chi connectivity index (χ1v) is 10.1. The molecule has 0 aliphatic heterocycles. The second-order valence-corrected chi connectivity index (χ2v) is 7.65. The van der Waals surface area contributed by atoms with Crippen molar-refractivity contribution in [3.05, 3.63) is 46.9 Å². The second-order valence-electron chi connectivity index (χ2n) is 6.85. The van der Waals surface area contributed by atoms with E-state index in [4.69, 9.17) is 4.74 Å². The van der Waals surface area contributed by atoms with Gasteiger partial charge >= 0.3 is 6.09 Å². The molecule has 7 heteroatoms. The van der Waals surface area contributed by atoms with Gasteiger partial charge in [0.1, 0.15) is 5.03 Å². The lowest BCUT2D eigenvalue weighted by molar-refractivity contribution is 0.0552. The monoisotopic (exact) mass is 386 g/mol. The minimum atomic E-state index is -0.717. The molecule has 27 heavy (non-hydrogen) atoms. The lowest BCUT2D eigenvalue weighted by Gasteiger charge is -2.31. The van der Waals surface area contributed by atoms with E-state index in [9.17, 15) is 10.1 Å². The van der Waals surface area contributed by atoms with E-state index >= 15 is 0 Å². The van der Waals surface area contributed by atoms with Crippen LogP contribution in [-0.2, 0) is 4.74 Å². The standard InChI is InChI=1S/C20H26N4O2S/c1-12(2)24(13(3)4)20(25)26-17(16-9-7-8-15(10-16)11-21)18-22-14(5)19(23-18)27-6/h7-10,12-13,17H,1-6H3,(H,22,23). The van der Waals surface area contributed by atoms with Crippen LogP contribution < -0.4 is 0 Å². The summed E-state index contributed by atoms with van der Waals surface area (Å²) in [4.78, 5) is 22.4. The molecule has 1 unspecified atom stereocenters. The van der Waals surface area contributed by atoms with E-state index in [1.807, 2.05) is 46.9 Å². The van der Waals surface area contributed by atoms with Gasteiger partial charge < -0.3 is 14.6 Å². The number of carbonyl (C=O) groups excluding carboxylic acids is 1. The normalized spacial score (nSPS) is 12.1. The highest BCUT2D eigenvalue weighted by molar-refractivity contribution is 7.98. The topological polar surface area (TPSA) is 82.0 Å². The highest BCUT2D eigenvalue weighted by Gasteiger charge is 2.29. The van der Waals surface area contributed by atoms with E-state index in [-0.39, 0.29) is 12.1 Å². The molecule has 0 saturated heterocycles. The summed E-state index contributed by atoms with van der Waals surface area (Å²) in [6.45, 7) is 9.75. The van der Waals surface area contributed by atoms with Crippen molar-refractivity contribution in [1.82, 2.24) is 14.9 Å². The van der Waals surface area contributed by atoms with E-state index < -0.39 is 12.2 Å². The first-order valence-electron chi connectivity index (χ1n) is 8.88. The number of H-pyrrole nitrogens is 1. The maximum atomic E-state index is 12.9. The highest BCUT2D eigenvalue weighted by atomic mass is 32.2. The first kappa shape index (κ1) is 20.8. The van der Waals surface area contributed by atoms with Gasteiger partial charge in [-0.05, 0) is 53.0 Å². The Hall–Kier alpha value is -2.46. The first-order chi connectivity index (χ1) is 12.8. The van der Waals surface area contributed by atoms with Crippen molar-refractivity contribution in [2.75, 3.05) is 6.26 Å². The minimum absolute atomic E-state index is 0.00342. The predicted molar refractivity (Wildman–Crippen MR) is 107 cm³/mol. The fourth-order valence-electron chi connectivity index (χ4n) is 3.02. The average Bonchev–Trinajstić information content (AvgIpc) is 2.99. The number of aryl methyl sites for hydroxylation is 1. The molecule has 2 rings (SSSR count). The second kappa shape index (κ2) is 8.96. The number of rotatable bonds is 6. The Kier molecular flexibility index (Phi) is 6.92. The largest absolute Gasteiger partial charge is 0.433 e. The minimum Gasteiger partial charge on any atom is -0.433 e. The van der Waals surface area contributed by atoms with Crippen LogP contribution in [0.15, 0.2) is 29.3 Å².